The maximum Gasteiger partial charge on any atom is 0.300 e. The SMILES string of the molecule is Cc1ccc(-c2cnc(N)o2)cc1.Cc1ccc(-c2cnc(Nc3ccc(/C(N)=N/O)nn3)o2)cc1.Cc1ccc(-c2cnc(Nc3ccc(C#N)nn3)o2)cc1. The first kappa shape index (κ1) is 38.3. The van der Waals surface area contributed by atoms with E-state index in [1.807, 2.05) is 99.6 Å². The summed E-state index contributed by atoms with van der Waals surface area (Å²) >= 11 is 0. The molecule has 0 saturated carbocycles. The van der Waals surface area contributed by atoms with Crippen LogP contribution in [0.5, 0.6) is 0 Å². The standard InChI is InChI=1S/C15H14N6O2.C15H11N5O.C10H10N2O/c1-9-2-4-10(5-3-9)12-8-17-15(23-12)18-13-7-6-11(19-20-13)14(16)21-22;1-10-2-4-11(5-3-10)13-9-17-15(21-13)18-14-7-6-12(8-16)19-20-14;1-7-2-4-8(5-3-7)9-6-12-10(11)13-9/h2-8,22H,1H3,(H2,16,21)(H,17,18,20);2-7,9H,1H3,(H,17,18,20);2-6H,1H3,(H2,11,12). The normalized spacial score (nSPS) is 10.7. The largest absolute Gasteiger partial charge is 0.424 e. The molecule has 0 radical (unpaired) electrons. The van der Waals surface area contributed by atoms with Crippen molar-refractivity contribution >= 4 is 35.5 Å². The average Bonchev–Trinajstić information content (AvgIpc) is 4.02. The van der Waals surface area contributed by atoms with Gasteiger partial charge in [0, 0.05) is 16.7 Å². The van der Waals surface area contributed by atoms with E-state index in [2.05, 4.69) is 51.1 Å². The molecule has 8 rings (SSSR count). The molecule has 0 atom stereocenters. The van der Waals surface area contributed by atoms with Crippen molar-refractivity contribution in [1.29, 1.82) is 5.26 Å². The zero-order valence-corrected chi connectivity index (χ0v) is 30.8. The van der Waals surface area contributed by atoms with E-state index in [1.165, 1.54) is 16.7 Å². The number of rotatable bonds is 8. The molecular formula is C40H35N13O4. The number of nitrogens with one attached hydrogen (secondary N) is 2. The van der Waals surface area contributed by atoms with E-state index in [0.29, 0.717) is 40.9 Å². The molecule has 5 aromatic heterocycles. The van der Waals surface area contributed by atoms with Gasteiger partial charge >= 0.3 is 12.0 Å². The average molecular weight is 762 g/mol. The lowest BCUT2D eigenvalue weighted by atomic mass is 10.1. The number of benzene rings is 3. The summed E-state index contributed by atoms with van der Waals surface area (Å²) in [5.74, 6) is 2.80. The minimum absolute atomic E-state index is 0.109. The Bertz CT molecular complexity index is 2570. The van der Waals surface area contributed by atoms with Crippen molar-refractivity contribution in [3.63, 3.8) is 0 Å². The number of nitrogens with zero attached hydrogens (tertiary/aromatic N) is 9. The van der Waals surface area contributed by atoms with Crippen LogP contribution in [0.25, 0.3) is 34.0 Å². The summed E-state index contributed by atoms with van der Waals surface area (Å²) in [5, 5.41) is 41.2. The van der Waals surface area contributed by atoms with Gasteiger partial charge in [-0.05, 0) is 45.0 Å². The van der Waals surface area contributed by atoms with Crippen molar-refractivity contribution in [2.24, 2.45) is 10.9 Å². The monoisotopic (exact) mass is 761 g/mol. The highest BCUT2D eigenvalue weighted by atomic mass is 16.4. The van der Waals surface area contributed by atoms with Crippen molar-refractivity contribution in [1.82, 2.24) is 35.3 Å². The van der Waals surface area contributed by atoms with E-state index in [9.17, 15) is 0 Å². The van der Waals surface area contributed by atoms with Gasteiger partial charge in [0.1, 0.15) is 11.8 Å². The van der Waals surface area contributed by atoms with Crippen LogP contribution in [0.15, 0.2) is 134 Å². The van der Waals surface area contributed by atoms with Gasteiger partial charge in [0.05, 0.1) is 18.6 Å². The van der Waals surface area contributed by atoms with Gasteiger partial charge in [0.15, 0.2) is 40.4 Å². The summed E-state index contributed by atoms with van der Waals surface area (Å²) in [6.45, 7) is 6.09. The van der Waals surface area contributed by atoms with Crippen molar-refractivity contribution in [3.05, 3.63) is 144 Å². The third-order valence-electron chi connectivity index (χ3n) is 7.83. The third kappa shape index (κ3) is 10.6. The Labute approximate surface area is 325 Å². The first-order chi connectivity index (χ1) is 27.6. The Hall–Kier alpha value is -8.39. The number of nitrogen functional groups attached to an aromatic ring is 1. The second-order valence-corrected chi connectivity index (χ2v) is 12.2. The summed E-state index contributed by atoms with van der Waals surface area (Å²) in [4.78, 5) is 12.1. The molecule has 8 aromatic rings. The Morgan fingerprint density at radius 2 is 1.04 bits per heavy atom. The first-order valence-corrected chi connectivity index (χ1v) is 17.1. The van der Waals surface area contributed by atoms with E-state index in [1.54, 1.807) is 42.9 Å². The molecule has 0 aliphatic rings. The van der Waals surface area contributed by atoms with Gasteiger partial charge in [0.2, 0.25) is 0 Å². The van der Waals surface area contributed by atoms with E-state index in [-0.39, 0.29) is 23.2 Å². The zero-order valence-electron chi connectivity index (χ0n) is 30.8. The van der Waals surface area contributed by atoms with Gasteiger partial charge in [-0.2, -0.15) is 5.26 Å². The number of oxime groups is 1. The molecule has 5 heterocycles. The van der Waals surface area contributed by atoms with Crippen LogP contribution in [-0.2, 0) is 0 Å². The molecule has 3 aromatic carbocycles. The number of amidine groups is 1. The quantitative estimate of drug-likeness (QED) is 0.0432. The topological polar surface area (TPSA) is 262 Å². The number of anilines is 5. The lowest BCUT2D eigenvalue weighted by molar-refractivity contribution is 0.318. The molecule has 7 N–H and O–H groups in total. The van der Waals surface area contributed by atoms with Crippen LogP contribution in [0, 0.1) is 32.1 Å². The van der Waals surface area contributed by atoms with Gasteiger partial charge < -0.3 is 29.9 Å². The summed E-state index contributed by atoms with van der Waals surface area (Å²) in [6, 6.07) is 33.0. The molecule has 17 nitrogen and oxygen atoms in total. The molecule has 57 heavy (non-hydrogen) atoms. The molecule has 0 saturated heterocycles. The Balaban J connectivity index is 0.000000150. The molecular weight excluding hydrogens is 727 g/mol. The number of oxazole rings is 3. The van der Waals surface area contributed by atoms with E-state index in [0.717, 1.165) is 16.7 Å². The Morgan fingerprint density at radius 3 is 1.40 bits per heavy atom. The molecule has 0 bridgehead atoms. The Kier molecular flexibility index (Phi) is 12.2. The highest BCUT2D eigenvalue weighted by molar-refractivity contribution is 5.95. The summed E-state index contributed by atoms with van der Waals surface area (Å²) in [7, 11) is 0. The molecule has 0 amide bonds. The second-order valence-electron chi connectivity index (χ2n) is 12.2. The predicted octanol–water partition coefficient (Wildman–Crippen LogP) is 7.57. The van der Waals surface area contributed by atoms with Crippen molar-refractivity contribution in [2.45, 2.75) is 20.8 Å². The third-order valence-corrected chi connectivity index (χ3v) is 7.83. The van der Waals surface area contributed by atoms with Crippen LogP contribution in [0.1, 0.15) is 28.1 Å². The maximum absolute atomic E-state index is 8.66. The maximum atomic E-state index is 8.66. The summed E-state index contributed by atoms with van der Waals surface area (Å²) in [5.41, 5.74) is 17.8. The minimum atomic E-state index is -0.109. The minimum Gasteiger partial charge on any atom is -0.424 e. The molecule has 0 unspecified atom stereocenters. The fraction of sp³-hybridized carbons (Fsp3) is 0.0750. The highest BCUT2D eigenvalue weighted by Crippen LogP contribution is 2.26. The zero-order chi connectivity index (χ0) is 40.1. The lowest BCUT2D eigenvalue weighted by Crippen LogP contribution is -2.15. The Morgan fingerprint density at radius 1 is 0.596 bits per heavy atom. The molecule has 0 aliphatic carbocycles. The smallest absolute Gasteiger partial charge is 0.300 e. The fourth-order valence-corrected chi connectivity index (χ4v) is 4.77. The summed E-state index contributed by atoms with van der Waals surface area (Å²) < 4.78 is 16.4. The van der Waals surface area contributed by atoms with Gasteiger partial charge in [-0.15, -0.1) is 20.4 Å². The van der Waals surface area contributed by atoms with E-state index < -0.39 is 0 Å². The molecule has 0 spiro atoms. The molecule has 0 aliphatic heterocycles. The molecule has 284 valence electrons. The van der Waals surface area contributed by atoms with Crippen LogP contribution >= 0.6 is 0 Å². The lowest BCUT2D eigenvalue weighted by Gasteiger charge is -2.01. The number of hydrogen-bond donors (Lipinski definition) is 5. The van der Waals surface area contributed by atoms with Crippen LogP contribution in [0.3, 0.4) is 0 Å². The predicted molar refractivity (Wildman–Crippen MR) is 212 cm³/mol. The number of aryl methyl sites for hydroxylation is 3. The van der Waals surface area contributed by atoms with Gasteiger partial charge in [0.25, 0.3) is 6.01 Å². The molecule has 17 heteroatoms. The highest BCUT2D eigenvalue weighted by Gasteiger charge is 2.10. The van der Waals surface area contributed by atoms with Crippen LogP contribution < -0.4 is 22.1 Å². The summed E-state index contributed by atoms with van der Waals surface area (Å²) in [6.07, 6.45) is 4.90. The van der Waals surface area contributed by atoms with Crippen LogP contribution in [0.4, 0.5) is 29.7 Å². The molecule has 0 fully saturated rings. The van der Waals surface area contributed by atoms with E-state index in [4.69, 9.17) is 35.2 Å². The number of nitrogens with two attached hydrogens (primary N) is 2. The number of aromatic nitrogens is 7. The van der Waals surface area contributed by atoms with Crippen molar-refractivity contribution < 1.29 is 18.5 Å². The first-order valence-electron chi connectivity index (χ1n) is 17.1. The van der Waals surface area contributed by atoms with Gasteiger partial charge in [-0.3, -0.25) is 10.6 Å². The van der Waals surface area contributed by atoms with Gasteiger partial charge in [-0.1, -0.05) is 94.6 Å². The fourth-order valence-electron chi connectivity index (χ4n) is 4.77. The number of hydrogen-bond acceptors (Lipinski definition) is 16. The number of nitriles is 1. The van der Waals surface area contributed by atoms with Crippen LogP contribution in [0.2, 0.25) is 0 Å². The van der Waals surface area contributed by atoms with Crippen LogP contribution in [-0.4, -0.2) is 46.4 Å². The van der Waals surface area contributed by atoms with Crippen molar-refractivity contribution in [3.8, 4) is 40.0 Å². The van der Waals surface area contributed by atoms with Crippen molar-refractivity contribution in [2.75, 3.05) is 16.4 Å². The second kappa shape index (κ2) is 18.1. The van der Waals surface area contributed by atoms with Gasteiger partial charge in [-0.25, -0.2) is 15.0 Å². The van der Waals surface area contributed by atoms with E-state index >= 15 is 0 Å².